The number of rotatable bonds is 4. The fourth-order valence-electron chi connectivity index (χ4n) is 1.27. The summed E-state index contributed by atoms with van der Waals surface area (Å²) >= 11 is 0. The summed E-state index contributed by atoms with van der Waals surface area (Å²) in [6.07, 6.45) is 5.32. The van der Waals surface area contributed by atoms with Crippen LogP contribution in [-0.4, -0.2) is 29.5 Å². The predicted molar refractivity (Wildman–Crippen MR) is 72.9 cm³/mol. The highest BCUT2D eigenvalue weighted by atomic mass is 16.6. The molecule has 5 heteroatoms. The predicted octanol–water partition coefficient (Wildman–Crippen LogP) is 2.43. The third-order valence-electron chi connectivity index (χ3n) is 1.99. The Morgan fingerprint density at radius 2 is 2.21 bits per heavy atom. The zero-order chi connectivity index (χ0) is 14.3. The van der Waals surface area contributed by atoms with Crippen molar-refractivity contribution < 1.29 is 14.3 Å². The second-order valence-corrected chi connectivity index (χ2v) is 4.92. The molecule has 0 unspecified atom stereocenters. The van der Waals surface area contributed by atoms with Crippen LogP contribution >= 0.6 is 0 Å². The lowest BCUT2D eigenvalue weighted by molar-refractivity contribution is 0.0534. The highest BCUT2D eigenvalue weighted by Gasteiger charge is 2.14. The topological polar surface area (TPSA) is 68.3 Å². The summed E-state index contributed by atoms with van der Waals surface area (Å²) in [6, 6.07) is 3.29. The van der Waals surface area contributed by atoms with Gasteiger partial charge >= 0.3 is 6.09 Å². The zero-order valence-corrected chi connectivity index (χ0v) is 11.3. The van der Waals surface area contributed by atoms with Crippen molar-refractivity contribution in [1.29, 1.82) is 0 Å². The van der Waals surface area contributed by atoms with Gasteiger partial charge in [-0.2, -0.15) is 0 Å². The fourth-order valence-corrected chi connectivity index (χ4v) is 1.27. The van der Waals surface area contributed by atoms with Crippen LogP contribution < -0.4 is 5.32 Å². The van der Waals surface area contributed by atoms with Crippen molar-refractivity contribution in [3.8, 4) is 0 Å². The van der Waals surface area contributed by atoms with Crippen LogP contribution in [0.2, 0.25) is 0 Å². The van der Waals surface area contributed by atoms with Crippen molar-refractivity contribution in [1.82, 2.24) is 10.3 Å². The molecule has 0 spiro atoms. The molecule has 102 valence electrons. The SMILES string of the molecule is CC(C)(C)OC(=O)NCC=Cc1cc(C=O)ccn1. The molecule has 0 aliphatic rings. The Hall–Kier alpha value is -2.17. The average Bonchev–Trinajstić information content (AvgIpc) is 2.33. The summed E-state index contributed by atoms with van der Waals surface area (Å²) in [5.74, 6) is 0. The molecule has 1 N–H and O–H groups in total. The lowest BCUT2D eigenvalue weighted by atomic mass is 10.2. The van der Waals surface area contributed by atoms with Crippen molar-refractivity contribution in [3.63, 3.8) is 0 Å². The molecule has 5 nitrogen and oxygen atoms in total. The summed E-state index contributed by atoms with van der Waals surface area (Å²) in [6.45, 7) is 5.74. The van der Waals surface area contributed by atoms with Crippen molar-refractivity contribution >= 4 is 18.5 Å². The van der Waals surface area contributed by atoms with Crippen molar-refractivity contribution in [2.45, 2.75) is 26.4 Å². The number of hydrogen-bond acceptors (Lipinski definition) is 4. The van der Waals surface area contributed by atoms with E-state index in [2.05, 4.69) is 10.3 Å². The molecular weight excluding hydrogens is 244 g/mol. The molecule has 1 amide bonds. The third-order valence-corrected chi connectivity index (χ3v) is 1.99. The molecule has 0 saturated carbocycles. The molecule has 1 rings (SSSR count). The molecule has 0 aliphatic carbocycles. The van der Waals surface area contributed by atoms with E-state index in [1.807, 2.05) is 0 Å². The number of ether oxygens (including phenoxy) is 1. The van der Waals surface area contributed by atoms with Gasteiger partial charge in [-0.15, -0.1) is 0 Å². The van der Waals surface area contributed by atoms with Crippen molar-refractivity contribution in [2.24, 2.45) is 0 Å². The fraction of sp³-hybridized carbons (Fsp3) is 0.357. The molecule has 0 atom stereocenters. The molecule has 0 bridgehead atoms. The Bertz CT molecular complexity index is 476. The Kier molecular flexibility index (Phi) is 5.23. The third kappa shape index (κ3) is 6.35. The van der Waals surface area contributed by atoms with Gasteiger partial charge < -0.3 is 10.1 Å². The van der Waals surface area contributed by atoms with E-state index in [0.29, 0.717) is 17.8 Å². The van der Waals surface area contributed by atoms with Gasteiger partial charge in [0, 0.05) is 18.3 Å². The first-order valence-corrected chi connectivity index (χ1v) is 5.95. The Morgan fingerprint density at radius 1 is 1.47 bits per heavy atom. The van der Waals surface area contributed by atoms with Gasteiger partial charge in [-0.1, -0.05) is 6.08 Å². The second kappa shape index (κ2) is 6.68. The minimum absolute atomic E-state index is 0.335. The van der Waals surface area contributed by atoms with E-state index in [9.17, 15) is 9.59 Å². The summed E-state index contributed by atoms with van der Waals surface area (Å²) in [7, 11) is 0. The largest absolute Gasteiger partial charge is 0.444 e. The molecule has 0 fully saturated rings. The zero-order valence-electron chi connectivity index (χ0n) is 11.3. The van der Waals surface area contributed by atoms with E-state index in [1.54, 1.807) is 51.3 Å². The maximum atomic E-state index is 11.3. The first-order valence-electron chi connectivity index (χ1n) is 5.95. The van der Waals surface area contributed by atoms with Gasteiger partial charge in [0.2, 0.25) is 0 Å². The molecule has 1 aromatic rings. The summed E-state index contributed by atoms with van der Waals surface area (Å²) in [5, 5.41) is 2.59. The standard InChI is InChI=1S/C14H18N2O3/c1-14(2,3)19-13(18)16-7-4-5-12-9-11(10-17)6-8-15-12/h4-6,8-10H,7H2,1-3H3,(H,16,18). The Morgan fingerprint density at radius 3 is 2.84 bits per heavy atom. The van der Waals surface area contributed by atoms with E-state index >= 15 is 0 Å². The molecule has 0 radical (unpaired) electrons. The summed E-state index contributed by atoms with van der Waals surface area (Å²) in [5.41, 5.74) is 0.721. The van der Waals surface area contributed by atoms with E-state index in [1.165, 1.54) is 0 Å². The second-order valence-electron chi connectivity index (χ2n) is 4.92. The quantitative estimate of drug-likeness (QED) is 0.846. The monoisotopic (exact) mass is 262 g/mol. The Labute approximate surface area is 112 Å². The highest BCUT2D eigenvalue weighted by molar-refractivity contribution is 5.75. The molecule has 0 aliphatic heterocycles. The number of pyridine rings is 1. The van der Waals surface area contributed by atoms with Crippen molar-refractivity contribution in [2.75, 3.05) is 6.54 Å². The minimum atomic E-state index is -0.506. The molecule has 0 aromatic carbocycles. The maximum absolute atomic E-state index is 11.3. The van der Waals surface area contributed by atoms with Gasteiger partial charge in [0.05, 0.1) is 5.69 Å². The molecule has 1 heterocycles. The molecule has 1 aromatic heterocycles. The van der Waals surface area contributed by atoms with Crippen LogP contribution in [0.1, 0.15) is 36.8 Å². The first-order chi connectivity index (χ1) is 8.90. The van der Waals surface area contributed by atoms with Crippen LogP contribution in [0.4, 0.5) is 4.79 Å². The van der Waals surface area contributed by atoms with E-state index in [4.69, 9.17) is 4.74 Å². The van der Waals surface area contributed by atoms with Crippen LogP contribution in [0.3, 0.4) is 0 Å². The van der Waals surface area contributed by atoms with Gasteiger partial charge in [0.15, 0.2) is 0 Å². The smallest absolute Gasteiger partial charge is 0.407 e. The van der Waals surface area contributed by atoms with Crippen molar-refractivity contribution in [3.05, 3.63) is 35.7 Å². The van der Waals surface area contributed by atoms with E-state index in [-0.39, 0.29) is 0 Å². The number of nitrogens with zero attached hydrogens (tertiary/aromatic N) is 1. The molecule has 19 heavy (non-hydrogen) atoms. The van der Waals surface area contributed by atoms with Gasteiger partial charge in [0.25, 0.3) is 0 Å². The maximum Gasteiger partial charge on any atom is 0.407 e. The number of amides is 1. The average molecular weight is 262 g/mol. The van der Waals surface area contributed by atoms with Gasteiger partial charge in [0.1, 0.15) is 11.9 Å². The number of carbonyl (C=O) groups is 2. The van der Waals surface area contributed by atoms with Crippen LogP contribution in [0.25, 0.3) is 6.08 Å². The van der Waals surface area contributed by atoms with Gasteiger partial charge in [-0.25, -0.2) is 4.79 Å². The lowest BCUT2D eigenvalue weighted by Gasteiger charge is -2.19. The lowest BCUT2D eigenvalue weighted by Crippen LogP contribution is -2.32. The summed E-state index contributed by atoms with van der Waals surface area (Å²) in [4.78, 5) is 26.0. The number of nitrogens with one attached hydrogen (secondary N) is 1. The van der Waals surface area contributed by atoms with Gasteiger partial charge in [-0.3, -0.25) is 9.78 Å². The van der Waals surface area contributed by atoms with E-state index in [0.717, 1.165) is 6.29 Å². The normalized spacial score (nSPS) is 11.3. The number of hydrogen-bond donors (Lipinski definition) is 1. The van der Waals surface area contributed by atoms with Crippen LogP contribution in [-0.2, 0) is 4.74 Å². The summed E-state index contributed by atoms with van der Waals surface area (Å²) < 4.78 is 5.08. The number of aromatic nitrogens is 1. The number of alkyl carbamates (subject to hydrolysis) is 1. The first kappa shape index (κ1) is 14.9. The molecule has 0 saturated heterocycles. The van der Waals surface area contributed by atoms with Crippen LogP contribution in [0.5, 0.6) is 0 Å². The Balaban J connectivity index is 2.42. The molecular formula is C14H18N2O3. The van der Waals surface area contributed by atoms with Crippen LogP contribution in [0, 0.1) is 0 Å². The van der Waals surface area contributed by atoms with E-state index < -0.39 is 11.7 Å². The highest BCUT2D eigenvalue weighted by Crippen LogP contribution is 2.06. The van der Waals surface area contributed by atoms with Crippen LogP contribution in [0.15, 0.2) is 24.4 Å². The minimum Gasteiger partial charge on any atom is -0.444 e. The van der Waals surface area contributed by atoms with Gasteiger partial charge in [-0.05, 0) is 39.0 Å². The number of aldehydes is 1. The number of carbonyl (C=O) groups excluding carboxylic acids is 2.